The molecule has 0 bridgehead atoms. The summed E-state index contributed by atoms with van der Waals surface area (Å²) in [6, 6.07) is 0. The Morgan fingerprint density at radius 3 is 2.00 bits per heavy atom. The SMILES string of the molecule is CC.CN(N)/C1=C(\N)CCCCCC1. The fraction of sp³-hybridized carbons (Fsp3) is 0.818. The minimum absolute atomic E-state index is 0.986. The molecular formula is C11H25N3. The molecule has 3 nitrogen and oxygen atoms in total. The van der Waals surface area contributed by atoms with Crippen LogP contribution in [0, 0.1) is 0 Å². The van der Waals surface area contributed by atoms with Crippen LogP contribution in [0.1, 0.15) is 52.4 Å². The first-order valence-electron chi connectivity index (χ1n) is 5.67. The third-order valence-corrected chi connectivity index (χ3v) is 2.41. The van der Waals surface area contributed by atoms with Gasteiger partial charge in [-0.15, -0.1) is 0 Å². The molecule has 0 spiro atoms. The van der Waals surface area contributed by atoms with E-state index in [9.17, 15) is 0 Å². The highest BCUT2D eigenvalue weighted by Crippen LogP contribution is 2.20. The molecule has 0 fully saturated rings. The predicted molar refractivity (Wildman–Crippen MR) is 62.2 cm³/mol. The summed E-state index contributed by atoms with van der Waals surface area (Å²) in [5.74, 6) is 5.67. The quantitative estimate of drug-likeness (QED) is 0.503. The summed E-state index contributed by atoms with van der Waals surface area (Å²) in [6.45, 7) is 4.00. The van der Waals surface area contributed by atoms with Crippen LogP contribution >= 0.6 is 0 Å². The van der Waals surface area contributed by atoms with E-state index in [0.29, 0.717) is 0 Å². The molecule has 0 aliphatic heterocycles. The van der Waals surface area contributed by atoms with E-state index in [1.165, 1.54) is 25.7 Å². The van der Waals surface area contributed by atoms with Gasteiger partial charge in [0.1, 0.15) is 0 Å². The molecule has 3 heteroatoms. The Kier molecular flexibility index (Phi) is 7.30. The summed E-state index contributed by atoms with van der Waals surface area (Å²) < 4.78 is 0. The average Bonchev–Trinajstić information content (AvgIpc) is 2.14. The number of allylic oxidation sites excluding steroid dienone is 2. The van der Waals surface area contributed by atoms with Gasteiger partial charge in [0.05, 0.1) is 0 Å². The van der Waals surface area contributed by atoms with Crippen molar-refractivity contribution in [3.8, 4) is 0 Å². The maximum Gasteiger partial charge on any atom is 0.0474 e. The van der Waals surface area contributed by atoms with Crippen molar-refractivity contribution < 1.29 is 0 Å². The molecule has 0 aromatic heterocycles. The van der Waals surface area contributed by atoms with E-state index < -0.39 is 0 Å². The van der Waals surface area contributed by atoms with Crippen LogP contribution in [0.4, 0.5) is 0 Å². The van der Waals surface area contributed by atoms with Gasteiger partial charge in [-0.25, -0.2) is 5.84 Å². The van der Waals surface area contributed by atoms with Crippen molar-refractivity contribution >= 4 is 0 Å². The van der Waals surface area contributed by atoms with E-state index in [2.05, 4.69) is 0 Å². The van der Waals surface area contributed by atoms with Gasteiger partial charge in [0, 0.05) is 18.4 Å². The molecule has 14 heavy (non-hydrogen) atoms. The normalized spacial score (nSPS) is 22.9. The molecule has 0 radical (unpaired) electrons. The zero-order valence-electron chi connectivity index (χ0n) is 9.84. The lowest BCUT2D eigenvalue weighted by atomic mass is 10.0. The zero-order chi connectivity index (χ0) is 11.0. The number of hydrogen-bond acceptors (Lipinski definition) is 3. The van der Waals surface area contributed by atoms with Crippen LogP contribution in [-0.2, 0) is 0 Å². The van der Waals surface area contributed by atoms with Gasteiger partial charge in [-0.3, -0.25) is 0 Å². The third-order valence-electron chi connectivity index (χ3n) is 2.41. The second kappa shape index (κ2) is 7.68. The lowest BCUT2D eigenvalue weighted by Crippen LogP contribution is -2.28. The standard InChI is InChI=1S/C9H19N3.C2H6/c1-12(11)9-7-5-3-2-4-6-8(9)10;1-2/h2-7,10-11H2,1H3;1-2H3/b9-8-;. The smallest absolute Gasteiger partial charge is 0.0474 e. The van der Waals surface area contributed by atoms with Crippen molar-refractivity contribution in [2.45, 2.75) is 52.4 Å². The largest absolute Gasteiger partial charge is 0.401 e. The first kappa shape index (κ1) is 13.3. The summed E-state index contributed by atoms with van der Waals surface area (Å²) in [7, 11) is 1.86. The summed E-state index contributed by atoms with van der Waals surface area (Å²) in [6.07, 6.45) is 7.10. The molecule has 1 aliphatic rings. The van der Waals surface area contributed by atoms with Crippen molar-refractivity contribution in [1.29, 1.82) is 0 Å². The van der Waals surface area contributed by atoms with Gasteiger partial charge in [-0.1, -0.05) is 26.7 Å². The van der Waals surface area contributed by atoms with E-state index in [1.807, 2.05) is 20.9 Å². The van der Waals surface area contributed by atoms with Crippen molar-refractivity contribution in [3.63, 3.8) is 0 Å². The molecule has 0 aromatic rings. The van der Waals surface area contributed by atoms with Crippen LogP contribution in [0.5, 0.6) is 0 Å². The van der Waals surface area contributed by atoms with E-state index >= 15 is 0 Å². The Labute approximate surface area is 88.1 Å². The Balaban J connectivity index is 0.000000791. The van der Waals surface area contributed by atoms with Crippen LogP contribution in [0.3, 0.4) is 0 Å². The number of rotatable bonds is 1. The molecule has 0 aromatic carbocycles. The predicted octanol–water partition coefficient (Wildman–Crippen LogP) is 2.34. The number of nitrogens with two attached hydrogens (primary N) is 2. The molecule has 0 heterocycles. The van der Waals surface area contributed by atoms with Crippen LogP contribution in [0.25, 0.3) is 0 Å². The van der Waals surface area contributed by atoms with E-state index in [-0.39, 0.29) is 0 Å². The maximum absolute atomic E-state index is 5.91. The van der Waals surface area contributed by atoms with Crippen LogP contribution in [0.2, 0.25) is 0 Å². The fourth-order valence-corrected chi connectivity index (χ4v) is 1.67. The molecule has 4 N–H and O–H groups in total. The molecule has 0 unspecified atom stereocenters. The lowest BCUT2D eigenvalue weighted by molar-refractivity contribution is 0.398. The average molecular weight is 199 g/mol. The van der Waals surface area contributed by atoms with Crippen LogP contribution in [0.15, 0.2) is 11.4 Å². The minimum atomic E-state index is 0.986. The molecule has 0 saturated carbocycles. The second-order valence-electron chi connectivity index (χ2n) is 3.50. The summed E-state index contributed by atoms with van der Waals surface area (Å²) in [4.78, 5) is 0. The van der Waals surface area contributed by atoms with E-state index in [0.717, 1.165) is 24.2 Å². The monoisotopic (exact) mass is 199 g/mol. The maximum atomic E-state index is 5.91. The van der Waals surface area contributed by atoms with E-state index in [4.69, 9.17) is 11.6 Å². The summed E-state index contributed by atoms with van der Waals surface area (Å²) >= 11 is 0. The molecule has 0 saturated heterocycles. The van der Waals surface area contributed by atoms with Crippen molar-refractivity contribution in [1.82, 2.24) is 5.01 Å². The van der Waals surface area contributed by atoms with Gasteiger partial charge in [-0.05, 0) is 25.7 Å². The van der Waals surface area contributed by atoms with Gasteiger partial charge in [0.2, 0.25) is 0 Å². The van der Waals surface area contributed by atoms with Gasteiger partial charge in [0.25, 0.3) is 0 Å². The van der Waals surface area contributed by atoms with Crippen LogP contribution < -0.4 is 11.6 Å². The van der Waals surface area contributed by atoms with E-state index in [1.54, 1.807) is 5.01 Å². The molecule has 0 amide bonds. The zero-order valence-corrected chi connectivity index (χ0v) is 9.84. The van der Waals surface area contributed by atoms with Gasteiger partial charge >= 0.3 is 0 Å². The first-order chi connectivity index (χ1) is 6.72. The molecule has 0 atom stereocenters. The van der Waals surface area contributed by atoms with Crippen molar-refractivity contribution in [2.24, 2.45) is 11.6 Å². The number of hydrogen-bond donors (Lipinski definition) is 2. The Hall–Kier alpha value is -0.700. The third kappa shape index (κ3) is 4.51. The Bertz CT molecular complexity index is 173. The molecular weight excluding hydrogens is 174 g/mol. The van der Waals surface area contributed by atoms with Crippen LogP contribution in [-0.4, -0.2) is 12.1 Å². The minimum Gasteiger partial charge on any atom is -0.401 e. The topological polar surface area (TPSA) is 55.3 Å². The Morgan fingerprint density at radius 2 is 1.50 bits per heavy atom. The Morgan fingerprint density at radius 1 is 1.00 bits per heavy atom. The second-order valence-corrected chi connectivity index (χ2v) is 3.50. The highest BCUT2D eigenvalue weighted by atomic mass is 15.4. The lowest BCUT2D eigenvalue weighted by Gasteiger charge is -2.21. The molecule has 1 rings (SSSR count). The number of hydrazine groups is 1. The summed E-state index contributed by atoms with van der Waals surface area (Å²) in [5.41, 5.74) is 8.03. The first-order valence-corrected chi connectivity index (χ1v) is 5.67. The highest BCUT2D eigenvalue weighted by Gasteiger charge is 2.09. The number of nitrogens with zero attached hydrogens (tertiary/aromatic N) is 1. The molecule has 84 valence electrons. The summed E-state index contributed by atoms with van der Waals surface area (Å²) in [5, 5.41) is 1.67. The highest BCUT2D eigenvalue weighted by molar-refractivity contribution is 5.09. The fourth-order valence-electron chi connectivity index (χ4n) is 1.67. The van der Waals surface area contributed by atoms with Gasteiger partial charge in [0.15, 0.2) is 0 Å². The van der Waals surface area contributed by atoms with Gasteiger partial charge < -0.3 is 10.7 Å². The van der Waals surface area contributed by atoms with Gasteiger partial charge in [-0.2, -0.15) is 0 Å². The van der Waals surface area contributed by atoms with Crippen molar-refractivity contribution in [3.05, 3.63) is 11.4 Å². The molecule has 1 aliphatic carbocycles. The van der Waals surface area contributed by atoms with Crippen molar-refractivity contribution in [2.75, 3.05) is 7.05 Å².